The van der Waals surface area contributed by atoms with Crippen LogP contribution in [0.1, 0.15) is 42.1 Å². The minimum atomic E-state index is -0.863. The van der Waals surface area contributed by atoms with Crippen LogP contribution in [0.3, 0.4) is 0 Å². The number of esters is 1. The summed E-state index contributed by atoms with van der Waals surface area (Å²) < 4.78 is 5.22. The molecule has 132 valence electrons. The first kappa shape index (κ1) is 18.5. The number of hydrogen-bond donors (Lipinski definition) is 2. The molecule has 0 bridgehead atoms. The van der Waals surface area contributed by atoms with Crippen LogP contribution in [0.4, 0.5) is 5.69 Å². The lowest BCUT2D eigenvalue weighted by Crippen LogP contribution is -2.38. The number of ether oxygens (including phenoxy) is 1. The maximum absolute atomic E-state index is 12.2. The fourth-order valence-corrected chi connectivity index (χ4v) is 2.49. The number of benzene rings is 2. The van der Waals surface area contributed by atoms with Gasteiger partial charge in [0.15, 0.2) is 6.10 Å². The van der Waals surface area contributed by atoms with E-state index in [1.54, 1.807) is 31.2 Å². The molecule has 0 aliphatic heterocycles. The Hall–Kier alpha value is -2.82. The van der Waals surface area contributed by atoms with Gasteiger partial charge in [0, 0.05) is 18.2 Å². The van der Waals surface area contributed by atoms with Crippen molar-refractivity contribution >= 4 is 17.6 Å². The van der Waals surface area contributed by atoms with Gasteiger partial charge in [-0.2, -0.15) is 0 Å². The highest BCUT2D eigenvalue weighted by Gasteiger charge is 2.20. The smallest absolute Gasteiger partial charge is 0.338 e. The van der Waals surface area contributed by atoms with Crippen molar-refractivity contribution in [3.63, 3.8) is 0 Å². The van der Waals surface area contributed by atoms with Crippen molar-refractivity contribution in [2.24, 2.45) is 0 Å². The van der Waals surface area contributed by atoms with Gasteiger partial charge in [0.25, 0.3) is 5.91 Å². The second-order valence-electron chi connectivity index (χ2n) is 5.93. The van der Waals surface area contributed by atoms with E-state index in [0.29, 0.717) is 17.8 Å². The van der Waals surface area contributed by atoms with E-state index >= 15 is 0 Å². The highest BCUT2D eigenvalue weighted by atomic mass is 16.5. The lowest BCUT2D eigenvalue weighted by molar-refractivity contribution is -0.129. The SMILES string of the molecule is CC[C@@H](CNC(=O)[C@@H](C)OC(=O)c1ccc(N)cc1)c1ccccc1. The Morgan fingerprint density at radius 3 is 2.32 bits per heavy atom. The molecule has 2 aromatic carbocycles. The third-order valence-electron chi connectivity index (χ3n) is 4.09. The highest BCUT2D eigenvalue weighted by molar-refractivity contribution is 5.92. The summed E-state index contributed by atoms with van der Waals surface area (Å²) in [6.45, 7) is 4.14. The van der Waals surface area contributed by atoms with E-state index in [1.807, 2.05) is 30.3 Å². The predicted octanol–water partition coefficient (Wildman–Crippen LogP) is 3.12. The Morgan fingerprint density at radius 2 is 1.72 bits per heavy atom. The van der Waals surface area contributed by atoms with Crippen molar-refractivity contribution in [3.05, 3.63) is 65.7 Å². The number of anilines is 1. The average Bonchev–Trinajstić information content (AvgIpc) is 2.63. The van der Waals surface area contributed by atoms with Crippen molar-refractivity contribution < 1.29 is 14.3 Å². The molecule has 5 heteroatoms. The average molecular weight is 340 g/mol. The number of nitrogens with two attached hydrogens (primary N) is 1. The molecule has 0 heterocycles. The minimum absolute atomic E-state index is 0.227. The van der Waals surface area contributed by atoms with Gasteiger partial charge in [-0.3, -0.25) is 4.79 Å². The number of nitrogens with one attached hydrogen (secondary N) is 1. The van der Waals surface area contributed by atoms with Gasteiger partial charge in [-0.15, -0.1) is 0 Å². The van der Waals surface area contributed by atoms with Gasteiger partial charge >= 0.3 is 5.97 Å². The number of rotatable bonds is 7. The molecule has 0 aliphatic carbocycles. The molecule has 2 rings (SSSR count). The van der Waals surface area contributed by atoms with Gasteiger partial charge < -0.3 is 15.8 Å². The van der Waals surface area contributed by atoms with E-state index in [0.717, 1.165) is 6.42 Å². The lowest BCUT2D eigenvalue weighted by Gasteiger charge is -2.18. The van der Waals surface area contributed by atoms with Crippen LogP contribution in [0.25, 0.3) is 0 Å². The topological polar surface area (TPSA) is 81.4 Å². The number of carbonyl (C=O) groups is 2. The van der Waals surface area contributed by atoms with E-state index in [1.165, 1.54) is 5.56 Å². The predicted molar refractivity (Wildman–Crippen MR) is 98.2 cm³/mol. The number of hydrogen-bond acceptors (Lipinski definition) is 4. The zero-order valence-electron chi connectivity index (χ0n) is 14.6. The van der Waals surface area contributed by atoms with E-state index in [-0.39, 0.29) is 11.8 Å². The van der Waals surface area contributed by atoms with Crippen molar-refractivity contribution in [2.45, 2.75) is 32.3 Å². The molecule has 0 saturated heterocycles. The molecular weight excluding hydrogens is 316 g/mol. The normalized spacial score (nSPS) is 12.9. The van der Waals surface area contributed by atoms with Crippen molar-refractivity contribution in [2.75, 3.05) is 12.3 Å². The van der Waals surface area contributed by atoms with Gasteiger partial charge in [-0.25, -0.2) is 4.79 Å². The molecule has 0 fully saturated rings. The fourth-order valence-electron chi connectivity index (χ4n) is 2.49. The van der Waals surface area contributed by atoms with Crippen LogP contribution in [-0.4, -0.2) is 24.5 Å². The number of nitrogen functional groups attached to an aromatic ring is 1. The molecule has 3 N–H and O–H groups in total. The third kappa shape index (κ3) is 5.35. The summed E-state index contributed by atoms with van der Waals surface area (Å²) in [5.74, 6) is -0.624. The molecule has 0 aromatic heterocycles. The number of amides is 1. The summed E-state index contributed by atoms with van der Waals surface area (Å²) in [6.07, 6.45) is 0.0440. The Labute approximate surface area is 148 Å². The molecule has 2 aromatic rings. The molecule has 0 unspecified atom stereocenters. The highest BCUT2D eigenvalue weighted by Crippen LogP contribution is 2.18. The number of carbonyl (C=O) groups excluding carboxylic acids is 2. The van der Waals surface area contributed by atoms with Crippen LogP contribution in [-0.2, 0) is 9.53 Å². The molecule has 0 aliphatic rings. The molecule has 0 spiro atoms. The monoisotopic (exact) mass is 340 g/mol. The Balaban J connectivity index is 1.87. The molecule has 2 atom stereocenters. The zero-order valence-corrected chi connectivity index (χ0v) is 14.6. The molecule has 25 heavy (non-hydrogen) atoms. The first-order valence-electron chi connectivity index (χ1n) is 8.40. The Morgan fingerprint density at radius 1 is 1.08 bits per heavy atom. The minimum Gasteiger partial charge on any atom is -0.449 e. The maximum Gasteiger partial charge on any atom is 0.338 e. The zero-order chi connectivity index (χ0) is 18.2. The van der Waals surface area contributed by atoms with Crippen LogP contribution in [0.5, 0.6) is 0 Å². The Kier molecular flexibility index (Phi) is 6.57. The van der Waals surface area contributed by atoms with Crippen LogP contribution in [0, 0.1) is 0 Å². The second kappa shape index (κ2) is 8.87. The van der Waals surface area contributed by atoms with Crippen molar-refractivity contribution in [1.82, 2.24) is 5.32 Å². The van der Waals surface area contributed by atoms with Crippen LogP contribution in [0.15, 0.2) is 54.6 Å². The first-order chi connectivity index (χ1) is 12.0. The standard InChI is InChI=1S/C20H24N2O3/c1-3-15(16-7-5-4-6-8-16)13-22-19(23)14(2)25-20(24)17-9-11-18(21)12-10-17/h4-12,14-15H,3,13,21H2,1-2H3,(H,22,23)/t14-,15+/m1/s1. The quantitative estimate of drug-likeness (QED) is 0.599. The van der Waals surface area contributed by atoms with Gasteiger partial charge in [0.1, 0.15) is 0 Å². The molecule has 0 saturated carbocycles. The van der Waals surface area contributed by atoms with Crippen LogP contribution >= 0.6 is 0 Å². The van der Waals surface area contributed by atoms with E-state index < -0.39 is 12.1 Å². The van der Waals surface area contributed by atoms with Crippen LogP contribution in [0.2, 0.25) is 0 Å². The summed E-state index contributed by atoms with van der Waals surface area (Å²) in [5.41, 5.74) is 7.70. The summed E-state index contributed by atoms with van der Waals surface area (Å²) in [4.78, 5) is 24.3. The Bertz CT molecular complexity index is 699. The molecule has 5 nitrogen and oxygen atoms in total. The van der Waals surface area contributed by atoms with Crippen molar-refractivity contribution in [1.29, 1.82) is 0 Å². The van der Waals surface area contributed by atoms with E-state index in [4.69, 9.17) is 10.5 Å². The molecular formula is C20H24N2O3. The summed E-state index contributed by atoms with van der Waals surface area (Å²) in [7, 11) is 0. The fraction of sp³-hybridized carbons (Fsp3) is 0.300. The second-order valence-corrected chi connectivity index (χ2v) is 5.93. The van der Waals surface area contributed by atoms with E-state index in [2.05, 4.69) is 12.2 Å². The summed E-state index contributed by atoms with van der Waals surface area (Å²) >= 11 is 0. The third-order valence-corrected chi connectivity index (χ3v) is 4.09. The first-order valence-corrected chi connectivity index (χ1v) is 8.40. The summed E-state index contributed by atoms with van der Waals surface area (Å²) in [6, 6.07) is 16.4. The van der Waals surface area contributed by atoms with Crippen LogP contribution < -0.4 is 11.1 Å². The molecule has 0 radical (unpaired) electrons. The summed E-state index contributed by atoms with van der Waals surface area (Å²) in [5, 5.41) is 2.86. The van der Waals surface area contributed by atoms with Gasteiger partial charge in [0.05, 0.1) is 5.56 Å². The maximum atomic E-state index is 12.2. The van der Waals surface area contributed by atoms with Crippen molar-refractivity contribution in [3.8, 4) is 0 Å². The van der Waals surface area contributed by atoms with Gasteiger partial charge in [0.2, 0.25) is 0 Å². The largest absolute Gasteiger partial charge is 0.449 e. The lowest BCUT2D eigenvalue weighted by atomic mass is 9.96. The van der Waals surface area contributed by atoms with Gasteiger partial charge in [-0.05, 0) is 43.2 Å². The van der Waals surface area contributed by atoms with E-state index in [9.17, 15) is 9.59 Å². The molecule has 1 amide bonds. The van der Waals surface area contributed by atoms with Gasteiger partial charge in [-0.1, -0.05) is 37.3 Å².